The quantitative estimate of drug-likeness (QED) is 0.231. The van der Waals surface area contributed by atoms with E-state index in [1.807, 2.05) is 30.3 Å². The van der Waals surface area contributed by atoms with Crippen LogP contribution in [0.5, 0.6) is 5.75 Å². The van der Waals surface area contributed by atoms with Crippen LogP contribution in [0.25, 0.3) is 43.7 Å². The third-order valence-electron chi connectivity index (χ3n) is 8.68. The Morgan fingerprint density at radius 2 is 1.30 bits per heavy atom. The molecule has 46 heavy (non-hydrogen) atoms. The van der Waals surface area contributed by atoms with Crippen molar-refractivity contribution >= 4 is 38.4 Å². The van der Waals surface area contributed by atoms with E-state index in [0.717, 1.165) is 37.2 Å². The standard InChI is InChI=1S/C38H33N5O3/c1-41-36-34(37(45)42(2)38(41)46)33(30-12-7-13-31(44)20-30)32(21-39)35(40-36)43(22-24-14-16-26-8-3-5-10-28(26)18-24)23-25-15-17-27-9-4-6-11-29(27)19-25/h3-20,44H,21-23,39H2,1-2H3. The molecular weight excluding hydrogens is 574 g/mol. The van der Waals surface area contributed by atoms with Crippen molar-refractivity contribution in [1.29, 1.82) is 0 Å². The maximum Gasteiger partial charge on any atom is 0.332 e. The van der Waals surface area contributed by atoms with Gasteiger partial charge in [0.1, 0.15) is 11.6 Å². The Kier molecular flexibility index (Phi) is 7.34. The largest absolute Gasteiger partial charge is 0.508 e. The summed E-state index contributed by atoms with van der Waals surface area (Å²) < 4.78 is 2.48. The fraction of sp³-hybridized carbons (Fsp3) is 0.132. The molecule has 0 amide bonds. The van der Waals surface area contributed by atoms with E-state index in [1.54, 1.807) is 25.2 Å². The van der Waals surface area contributed by atoms with Crippen molar-refractivity contribution in [3.05, 3.63) is 147 Å². The van der Waals surface area contributed by atoms with Crippen molar-refractivity contribution in [3.63, 3.8) is 0 Å². The van der Waals surface area contributed by atoms with Crippen LogP contribution in [0, 0.1) is 0 Å². The van der Waals surface area contributed by atoms with E-state index in [2.05, 4.69) is 65.6 Å². The van der Waals surface area contributed by atoms with E-state index in [0.29, 0.717) is 35.6 Å². The molecule has 8 nitrogen and oxygen atoms in total. The zero-order chi connectivity index (χ0) is 31.9. The number of aromatic nitrogens is 3. The number of nitrogens with zero attached hydrogens (tertiary/aromatic N) is 4. The maximum absolute atomic E-state index is 13.8. The molecular formula is C38H33N5O3. The lowest BCUT2D eigenvalue weighted by Gasteiger charge is -2.29. The van der Waals surface area contributed by atoms with E-state index in [1.165, 1.54) is 11.6 Å². The van der Waals surface area contributed by atoms with Crippen molar-refractivity contribution in [2.45, 2.75) is 19.6 Å². The van der Waals surface area contributed by atoms with Gasteiger partial charge in [-0.1, -0.05) is 84.9 Å². The van der Waals surface area contributed by atoms with Gasteiger partial charge in [0.2, 0.25) is 0 Å². The minimum Gasteiger partial charge on any atom is -0.508 e. The highest BCUT2D eigenvalue weighted by atomic mass is 16.3. The smallest absolute Gasteiger partial charge is 0.332 e. The minimum atomic E-state index is -0.478. The molecule has 3 N–H and O–H groups in total. The molecule has 0 unspecified atom stereocenters. The molecule has 228 valence electrons. The van der Waals surface area contributed by atoms with Crippen LogP contribution in [0.4, 0.5) is 5.82 Å². The predicted molar refractivity (Wildman–Crippen MR) is 185 cm³/mol. The Labute approximate surface area is 265 Å². The lowest BCUT2D eigenvalue weighted by Crippen LogP contribution is -2.38. The highest BCUT2D eigenvalue weighted by molar-refractivity contribution is 5.97. The summed E-state index contributed by atoms with van der Waals surface area (Å²) in [6.07, 6.45) is 0. The fourth-order valence-corrected chi connectivity index (χ4v) is 6.37. The van der Waals surface area contributed by atoms with Crippen LogP contribution in [0.2, 0.25) is 0 Å². The average Bonchev–Trinajstić information content (AvgIpc) is 3.08. The van der Waals surface area contributed by atoms with E-state index in [4.69, 9.17) is 10.7 Å². The number of phenolic OH excluding ortho intramolecular Hbond substituents is 1. The molecule has 0 radical (unpaired) electrons. The van der Waals surface area contributed by atoms with Gasteiger partial charge < -0.3 is 15.7 Å². The Bertz CT molecular complexity index is 2330. The first kappa shape index (κ1) is 29.0. The van der Waals surface area contributed by atoms with E-state index >= 15 is 0 Å². The zero-order valence-corrected chi connectivity index (χ0v) is 25.6. The fourth-order valence-electron chi connectivity index (χ4n) is 6.37. The van der Waals surface area contributed by atoms with E-state index in [9.17, 15) is 14.7 Å². The number of benzene rings is 5. The summed E-state index contributed by atoms with van der Waals surface area (Å²) in [5.41, 5.74) is 9.80. The van der Waals surface area contributed by atoms with Crippen molar-refractivity contribution in [2.24, 2.45) is 19.8 Å². The first-order chi connectivity index (χ1) is 22.3. The molecule has 0 aliphatic carbocycles. The Hall–Kier alpha value is -5.73. The number of anilines is 1. The summed E-state index contributed by atoms with van der Waals surface area (Å²) in [6.45, 7) is 1.05. The third kappa shape index (κ3) is 5.08. The van der Waals surface area contributed by atoms with Gasteiger partial charge in [0.15, 0.2) is 5.65 Å². The molecule has 2 aromatic heterocycles. The number of fused-ring (bicyclic) bond motifs is 3. The summed E-state index contributed by atoms with van der Waals surface area (Å²) in [4.78, 5) is 34.2. The van der Waals surface area contributed by atoms with Crippen LogP contribution >= 0.6 is 0 Å². The number of pyridine rings is 1. The normalized spacial score (nSPS) is 11.5. The Morgan fingerprint density at radius 3 is 1.87 bits per heavy atom. The van der Waals surface area contributed by atoms with Gasteiger partial charge >= 0.3 is 5.69 Å². The number of aryl methyl sites for hydroxylation is 1. The molecule has 0 aliphatic heterocycles. The van der Waals surface area contributed by atoms with Crippen molar-refractivity contribution in [1.82, 2.24) is 14.1 Å². The molecule has 7 aromatic rings. The number of rotatable bonds is 7. The van der Waals surface area contributed by atoms with Crippen molar-refractivity contribution in [2.75, 3.05) is 4.90 Å². The second-order valence-electron chi connectivity index (χ2n) is 11.7. The predicted octanol–water partition coefficient (Wildman–Crippen LogP) is 5.98. The SMILES string of the molecule is Cn1c(=O)c2c(-c3cccc(O)c3)c(CN)c(N(Cc3ccc4ccccc4c3)Cc3ccc4ccccc4c3)nc2n(C)c1=O. The van der Waals surface area contributed by atoms with Crippen LogP contribution in [0.3, 0.4) is 0 Å². The van der Waals surface area contributed by atoms with E-state index in [-0.39, 0.29) is 23.3 Å². The summed E-state index contributed by atoms with van der Waals surface area (Å²) in [6, 6.07) is 36.0. The molecule has 0 saturated carbocycles. The maximum atomic E-state index is 13.8. The van der Waals surface area contributed by atoms with E-state index < -0.39 is 11.2 Å². The van der Waals surface area contributed by atoms with Crippen molar-refractivity contribution < 1.29 is 5.11 Å². The lowest BCUT2D eigenvalue weighted by molar-refractivity contribution is 0.475. The van der Waals surface area contributed by atoms with Gasteiger partial charge in [-0.25, -0.2) is 9.78 Å². The van der Waals surface area contributed by atoms with Crippen LogP contribution in [0.15, 0.2) is 119 Å². The van der Waals surface area contributed by atoms with Gasteiger partial charge in [-0.3, -0.25) is 13.9 Å². The van der Waals surface area contributed by atoms with Gasteiger partial charge in [-0.2, -0.15) is 0 Å². The number of phenols is 1. The monoisotopic (exact) mass is 607 g/mol. The molecule has 0 aliphatic rings. The number of hydrogen-bond acceptors (Lipinski definition) is 6. The summed E-state index contributed by atoms with van der Waals surface area (Å²) in [5.74, 6) is 0.621. The molecule has 8 heteroatoms. The van der Waals surface area contributed by atoms with Gasteiger partial charge in [-0.05, 0) is 62.5 Å². The minimum absolute atomic E-state index is 0.0535. The molecule has 0 spiro atoms. The molecule has 0 fully saturated rings. The van der Waals surface area contributed by atoms with Crippen LogP contribution < -0.4 is 21.9 Å². The summed E-state index contributed by atoms with van der Waals surface area (Å²) in [7, 11) is 3.07. The van der Waals surface area contributed by atoms with Crippen molar-refractivity contribution in [3.8, 4) is 16.9 Å². The van der Waals surface area contributed by atoms with Gasteiger partial charge in [0.05, 0.1) is 5.39 Å². The molecule has 0 saturated heterocycles. The Balaban J connectivity index is 1.51. The molecule has 0 bridgehead atoms. The molecule has 2 heterocycles. The van der Waals surface area contributed by atoms with Gasteiger partial charge in [0.25, 0.3) is 5.56 Å². The van der Waals surface area contributed by atoms with Gasteiger partial charge in [-0.15, -0.1) is 0 Å². The van der Waals surface area contributed by atoms with Crippen LogP contribution in [-0.4, -0.2) is 19.2 Å². The van der Waals surface area contributed by atoms with Crippen LogP contribution in [-0.2, 0) is 33.7 Å². The first-order valence-corrected chi connectivity index (χ1v) is 15.1. The average molecular weight is 608 g/mol. The number of nitrogens with two attached hydrogens (primary N) is 1. The first-order valence-electron chi connectivity index (χ1n) is 15.1. The third-order valence-corrected chi connectivity index (χ3v) is 8.68. The van der Waals surface area contributed by atoms with Crippen LogP contribution in [0.1, 0.15) is 16.7 Å². The topological polar surface area (TPSA) is 106 Å². The number of aromatic hydroxyl groups is 1. The highest BCUT2D eigenvalue weighted by Gasteiger charge is 2.25. The summed E-state index contributed by atoms with van der Waals surface area (Å²) >= 11 is 0. The molecule has 5 aromatic carbocycles. The number of hydrogen-bond donors (Lipinski definition) is 2. The zero-order valence-electron chi connectivity index (χ0n) is 25.6. The second kappa shape index (κ2) is 11.6. The Morgan fingerprint density at radius 1 is 0.717 bits per heavy atom. The lowest BCUT2D eigenvalue weighted by atomic mass is 9.96. The van der Waals surface area contributed by atoms with Gasteiger partial charge in [0, 0.05) is 44.9 Å². The second-order valence-corrected chi connectivity index (χ2v) is 11.7. The summed E-state index contributed by atoms with van der Waals surface area (Å²) in [5, 5.41) is 15.3. The highest BCUT2D eigenvalue weighted by Crippen LogP contribution is 2.37. The molecule has 7 rings (SSSR count). The molecule has 0 atom stereocenters.